The minimum atomic E-state index is -0.678. The molecule has 5 heteroatoms. The second-order valence-electron chi connectivity index (χ2n) is 2.11. The first-order valence-electron chi connectivity index (χ1n) is 3.22. The summed E-state index contributed by atoms with van der Waals surface area (Å²) in [7, 11) is 1.27. The van der Waals surface area contributed by atoms with Gasteiger partial charge in [0.05, 0.1) is 13.3 Å². The molecule has 1 aromatic heterocycles. The van der Waals surface area contributed by atoms with Crippen LogP contribution < -0.4 is 4.74 Å². The summed E-state index contributed by atoms with van der Waals surface area (Å²) in [6, 6.07) is 0. The number of Topliss-reactive ketones (excluding diaryl/α,β-unsaturated/α-hetero) is 1. The van der Waals surface area contributed by atoms with Crippen molar-refractivity contribution in [3.05, 3.63) is 17.8 Å². The third kappa shape index (κ3) is 1.55. The van der Waals surface area contributed by atoms with Crippen LogP contribution in [0.4, 0.5) is 4.39 Å². The Morgan fingerprint density at radius 2 is 2.33 bits per heavy atom. The summed E-state index contributed by atoms with van der Waals surface area (Å²) >= 11 is 0. The van der Waals surface area contributed by atoms with E-state index in [4.69, 9.17) is 0 Å². The van der Waals surface area contributed by atoms with Gasteiger partial charge in [-0.2, -0.15) is 9.37 Å². The van der Waals surface area contributed by atoms with Crippen LogP contribution in [0.5, 0.6) is 5.88 Å². The molecule has 64 valence electrons. The molecule has 0 aliphatic rings. The standard InChI is InChI=1S/C7H7FN2O2/c1-4(11)6-9-3-5(8)7(10-6)12-2/h3H,1-2H3. The van der Waals surface area contributed by atoms with Crippen molar-refractivity contribution in [2.75, 3.05) is 7.11 Å². The van der Waals surface area contributed by atoms with Crippen LogP contribution in [0, 0.1) is 5.82 Å². The Bertz CT molecular complexity index is 314. The SMILES string of the molecule is COc1nc(C(C)=O)ncc1F. The molecule has 0 aliphatic heterocycles. The number of nitrogens with zero attached hydrogens (tertiary/aromatic N) is 2. The van der Waals surface area contributed by atoms with Crippen molar-refractivity contribution in [1.29, 1.82) is 0 Å². The zero-order valence-corrected chi connectivity index (χ0v) is 6.67. The van der Waals surface area contributed by atoms with Crippen molar-refractivity contribution in [1.82, 2.24) is 9.97 Å². The lowest BCUT2D eigenvalue weighted by Crippen LogP contribution is -2.04. The molecule has 0 spiro atoms. The molecule has 1 heterocycles. The first kappa shape index (κ1) is 8.58. The molecule has 1 rings (SSSR count). The van der Waals surface area contributed by atoms with Crippen molar-refractivity contribution in [3.63, 3.8) is 0 Å². The summed E-state index contributed by atoms with van der Waals surface area (Å²) in [4.78, 5) is 17.7. The number of rotatable bonds is 2. The van der Waals surface area contributed by atoms with E-state index in [9.17, 15) is 9.18 Å². The fraction of sp³-hybridized carbons (Fsp3) is 0.286. The largest absolute Gasteiger partial charge is 0.479 e. The molecule has 0 bridgehead atoms. The third-order valence-corrected chi connectivity index (χ3v) is 1.22. The molecule has 4 nitrogen and oxygen atoms in total. The van der Waals surface area contributed by atoms with Gasteiger partial charge in [0.2, 0.25) is 5.82 Å². The molecule has 12 heavy (non-hydrogen) atoms. The summed E-state index contributed by atoms with van der Waals surface area (Å²) in [6.07, 6.45) is 0.905. The van der Waals surface area contributed by atoms with E-state index in [1.54, 1.807) is 0 Å². The van der Waals surface area contributed by atoms with Gasteiger partial charge in [-0.15, -0.1) is 0 Å². The van der Waals surface area contributed by atoms with Crippen LogP contribution in [0.15, 0.2) is 6.20 Å². The van der Waals surface area contributed by atoms with E-state index in [-0.39, 0.29) is 17.5 Å². The van der Waals surface area contributed by atoms with Gasteiger partial charge in [0.25, 0.3) is 5.88 Å². The van der Waals surface area contributed by atoms with E-state index < -0.39 is 5.82 Å². The number of carbonyl (C=O) groups is 1. The number of hydrogen-bond donors (Lipinski definition) is 0. The molecule has 0 amide bonds. The molecule has 0 aromatic carbocycles. The highest BCUT2D eigenvalue weighted by Crippen LogP contribution is 2.10. The summed E-state index contributed by atoms with van der Waals surface area (Å²) in [5.41, 5.74) is 0. The van der Waals surface area contributed by atoms with E-state index in [1.165, 1.54) is 14.0 Å². The number of methoxy groups -OCH3 is 1. The van der Waals surface area contributed by atoms with Gasteiger partial charge in [-0.3, -0.25) is 4.79 Å². The maximum absolute atomic E-state index is 12.7. The van der Waals surface area contributed by atoms with Crippen LogP contribution in [0.3, 0.4) is 0 Å². The average molecular weight is 170 g/mol. The van der Waals surface area contributed by atoms with Gasteiger partial charge in [0.15, 0.2) is 11.6 Å². The van der Waals surface area contributed by atoms with Crippen LogP contribution in [-0.2, 0) is 0 Å². The molecule has 0 fully saturated rings. The normalized spacial score (nSPS) is 9.58. The second-order valence-corrected chi connectivity index (χ2v) is 2.11. The first-order valence-corrected chi connectivity index (χ1v) is 3.22. The van der Waals surface area contributed by atoms with Crippen molar-refractivity contribution in [3.8, 4) is 5.88 Å². The van der Waals surface area contributed by atoms with E-state index in [0.29, 0.717) is 0 Å². The maximum atomic E-state index is 12.7. The predicted molar refractivity (Wildman–Crippen MR) is 38.5 cm³/mol. The molecule has 1 aromatic rings. The molecule has 0 unspecified atom stereocenters. The Morgan fingerprint density at radius 3 is 2.83 bits per heavy atom. The number of aromatic nitrogens is 2. The van der Waals surface area contributed by atoms with E-state index in [1.807, 2.05) is 0 Å². The Morgan fingerprint density at radius 1 is 1.67 bits per heavy atom. The molecule has 0 radical (unpaired) electrons. The van der Waals surface area contributed by atoms with Crippen molar-refractivity contribution in [2.24, 2.45) is 0 Å². The highest BCUT2D eigenvalue weighted by Gasteiger charge is 2.09. The minimum Gasteiger partial charge on any atom is -0.479 e. The van der Waals surface area contributed by atoms with Crippen molar-refractivity contribution < 1.29 is 13.9 Å². The molecule has 0 atom stereocenters. The van der Waals surface area contributed by atoms with Crippen LogP contribution in [0.1, 0.15) is 17.5 Å². The minimum absolute atomic E-state index is 0.0479. The number of hydrogen-bond acceptors (Lipinski definition) is 4. The average Bonchev–Trinajstić information content (AvgIpc) is 2.05. The number of halogens is 1. The molecule has 0 saturated heterocycles. The number of ketones is 1. The van der Waals surface area contributed by atoms with Gasteiger partial charge in [-0.1, -0.05) is 0 Å². The summed E-state index contributed by atoms with van der Waals surface area (Å²) in [5, 5.41) is 0. The van der Waals surface area contributed by atoms with E-state index >= 15 is 0 Å². The van der Waals surface area contributed by atoms with Crippen LogP contribution in [0.25, 0.3) is 0 Å². The van der Waals surface area contributed by atoms with Crippen LogP contribution >= 0.6 is 0 Å². The predicted octanol–water partition coefficient (Wildman–Crippen LogP) is 0.827. The Labute approximate surface area is 68.4 Å². The molecule has 0 saturated carbocycles. The lowest BCUT2D eigenvalue weighted by molar-refractivity contribution is 0.100. The van der Waals surface area contributed by atoms with Crippen molar-refractivity contribution in [2.45, 2.75) is 6.92 Å². The summed E-state index contributed by atoms with van der Waals surface area (Å²) in [5.74, 6) is -1.26. The van der Waals surface area contributed by atoms with Gasteiger partial charge in [0.1, 0.15) is 0 Å². The highest BCUT2D eigenvalue weighted by molar-refractivity contribution is 5.90. The zero-order valence-electron chi connectivity index (χ0n) is 6.67. The summed E-state index contributed by atoms with van der Waals surface area (Å²) in [6.45, 7) is 1.30. The number of carbonyl (C=O) groups excluding carboxylic acids is 1. The first-order chi connectivity index (χ1) is 5.65. The van der Waals surface area contributed by atoms with Gasteiger partial charge < -0.3 is 4.74 Å². The maximum Gasteiger partial charge on any atom is 0.253 e. The Kier molecular flexibility index (Phi) is 2.32. The topological polar surface area (TPSA) is 52.1 Å². The fourth-order valence-electron chi connectivity index (χ4n) is 0.664. The van der Waals surface area contributed by atoms with Crippen LogP contribution in [0.2, 0.25) is 0 Å². The lowest BCUT2D eigenvalue weighted by Gasteiger charge is -2.00. The van der Waals surface area contributed by atoms with E-state index in [2.05, 4.69) is 14.7 Å². The van der Waals surface area contributed by atoms with Gasteiger partial charge in [-0.05, 0) is 0 Å². The number of ether oxygens (including phenoxy) is 1. The zero-order chi connectivity index (χ0) is 9.14. The molecular formula is C7H7FN2O2. The quantitative estimate of drug-likeness (QED) is 0.617. The van der Waals surface area contributed by atoms with Crippen molar-refractivity contribution >= 4 is 5.78 Å². The second kappa shape index (κ2) is 3.25. The Balaban J connectivity index is 3.13. The molecule has 0 N–H and O–H groups in total. The van der Waals surface area contributed by atoms with Gasteiger partial charge in [-0.25, -0.2) is 4.98 Å². The van der Waals surface area contributed by atoms with Crippen LogP contribution in [-0.4, -0.2) is 22.9 Å². The lowest BCUT2D eigenvalue weighted by atomic mass is 10.4. The summed E-state index contributed by atoms with van der Waals surface area (Å²) < 4.78 is 17.2. The molecular weight excluding hydrogens is 163 g/mol. The monoisotopic (exact) mass is 170 g/mol. The highest BCUT2D eigenvalue weighted by atomic mass is 19.1. The third-order valence-electron chi connectivity index (χ3n) is 1.22. The molecule has 0 aliphatic carbocycles. The van der Waals surface area contributed by atoms with E-state index in [0.717, 1.165) is 6.20 Å². The Hall–Kier alpha value is -1.52. The fourth-order valence-corrected chi connectivity index (χ4v) is 0.664. The van der Waals surface area contributed by atoms with Gasteiger partial charge >= 0.3 is 0 Å². The smallest absolute Gasteiger partial charge is 0.253 e. The van der Waals surface area contributed by atoms with Gasteiger partial charge in [0, 0.05) is 6.92 Å².